The van der Waals surface area contributed by atoms with Crippen LogP contribution >= 0.6 is 0 Å². The summed E-state index contributed by atoms with van der Waals surface area (Å²) in [4.78, 5) is 40.7. The van der Waals surface area contributed by atoms with E-state index in [0.717, 1.165) is 17.0 Å². The molecule has 1 fully saturated rings. The number of halogens is 3. The molecule has 0 saturated carbocycles. The van der Waals surface area contributed by atoms with Crippen LogP contribution in [0.5, 0.6) is 11.5 Å². The Hall–Kier alpha value is -4.28. The number of Topliss-reactive ketones (excluding diaryl/α,β-unsaturated/α-hetero) is 2. The molecule has 0 radical (unpaired) electrons. The van der Waals surface area contributed by atoms with E-state index in [0.29, 0.717) is 18.1 Å². The van der Waals surface area contributed by atoms with Crippen molar-refractivity contribution in [2.24, 2.45) is 5.92 Å². The molecule has 2 unspecified atom stereocenters. The first-order valence-corrected chi connectivity index (χ1v) is 10.9. The average molecular weight is 499 g/mol. The summed E-state index contributed by atoms with van der Waals surface area (Å²) in [7, 11) is 0. The predicted molar refractivity (Wildman–Crippen MR) is 121 cm³/mol. The summed E-state index contributed by atoms with van der Waals surface area (Å²) in [6.07, 6.45) is -4.89. The standard InChI is InChI=1S/C25H20F3N3O5/c1-3-35-17-9-7-16(8-10-17)22(32)20-21(15-5-11-18(12-6-15)36-25(26,27)28)31(24(34)23(20)33)19-13-4-14(2)29-30-19/h4-13,20-21H,3H2,1-2H3. The molecule has 1 aliphatic rings. The van der Waals surface area contributed by atoms with E-state index in [4.69, 9.17) is 4.74 Å². The molecular weight excluding hydrogens is 479 g/mol. The van der Waals surface area contributed by atoms with Crippen molar-refractivity contribution >= 4 is 23.3 Å². The number of anilines is 1. The summed E-state index contributed by atoms with van der Waals surface area (Å²) in [5.74, 6) is -3.96. The maximum absolute atomic E-state index is 13.5. The molecule has 0 bridgehead atoms. The lowest BCUT2D eigenvalue weighted by Crippen LogP contribution is -2.31. The molecule has 1 aliphatic heterocycles. The van der Waals surface area contributed by atoms with Gasteiger partial charge in [0, 0.05) is 5.56 Å². The molecule has 8 nitrogen and oxygen atoms in total. The Morgan fingerprint density at radius 1 is 0.944 bits per heavy atom. The van der Waals surface area contributed by atoms with E-state index in [9.17, 15) is 27.6 Å². The van der Waals surface area contributed by atoms with E-state index < -0.39 is 41.5 Å². The maximum atomic E-state index is 13.5. The Kier molecular flexibility index (Phi) is 6.73. The molecule has 0 N–H and O–H groups in total. The van der Waals surface area contributed by atoms with Gasteiger partial charge < -0.3 is 9.47 Å². The van der Waals surface area contributed by atoms with Crippen LogP contribution in [-0.2, 0) is 9.59 Å². The van der Waals surface area contributed by atoms with Crippen molar-refractivity contribution in [2.75, 3.05) is 11.5 Å². The molecule has 2 heterocycles. The van der Waals surface area contributed by atoms with Crippen LogP contribution < -0.4 is 14.4 Å². The lowest BCUT2D eigenvalue weighted by molar-refractivity contribution is -0.274. The molecule has 1 amide bonds. The summed E-state index contributed by atoms with van der Waals surface area (Å²) in [6, 6.07) is 12.6. The van der Waals surface area contributed by atoms with Crippen LogP contribution in [0, 0.1) is 12.8 Å². The zero-order chi connectivity index (χ0) is 26.0. The zero-order valence-corrected chi connectivity index (χ0v) is 19.2. The SMILES string of the molecule is CCOc1ccc(C(=O)C2C(=O)C(=O)N(c3ccc(C)nn3)C2c2ccc(OC(F)(F)F)cc2)cc1. The Bertz CT molecular complexity index is 1280. The Morgan fingerprint density at radius 3 is 2.14 bits per heavy atom. The number of ether oxygens (including phenoxy) is 2. The largest absolute Gasteiger partial charge is 0.573 e. The van der Waals surface area contributed by atoms with Crippen LogP contribution in [-0.4, -0.2) is 40.6 Å². The molecule has 186 valence electrons. The molecule has 0 aliphatic carbocycles. The number of hydrogen-bond acceptors (Lipinski definition) is 7. The Morgan fingerprint density at radius 2 is 1.58 bits per heavy atom. The molecule has 3 aromatic rings. The van der Waals surface area contributed by atoms with Crippen molar-refractivity contribution in [1.82, 2.24) is 10.2 Å². The maximum Gasteiger partial charge on any atom is 0.573 e. The van der Waals surface area contributed by atoms with Gasteiger partial charge in [0.2, 0.25) is 5.78 Å². The van der Waals surface area contributed by atoms with Gasteiger partial charge in [0.15, 0.2) is 11.6 Å². The smallest absolute Gasteiger partial charge is 0.494 e. The third-order valence-electron chi connectivity index (χ3n) is 5.52. The van der Waals surface area contributed by atoms with Gasteiger partial charge in [-0.2, -0.15) is 5.10 Å². The summed E-state index contributed by atoms with van der Waals surface area (Å²) in [6.45, 7) is 3.91. The van der Waals surface area contributed by atoms with E-state index in [-0.39, 0.29) is 16.9 Å². The number of aryl methyl sites for hydroxylation is 1. The van der Waals surface area contributed by atoms with Gasteiger partial charge in [0.25, 0.3) is 5.91 Å². The third kappa shape index (κ3) is 5.04. The number of hydrogen-bond donors (Lipinski definition) is 0. The van der Waals surface area contributed by atoms with Gasteiger partial charge in [-0.15, -0.1) is 18.3 Å². The van der Waals surface area contributed by atoms with Crippen LogP contribution in [0.3, 0.4) is 0 Å². The predicted octanol–water partition coefficient (Wildman–Crippen LogP) is 4.24. The van der Waals surface area contributed by atoms with Crippen LogP contribution in [0.25, 0.3) is 0 Å². The molecule has 2 atom stereocenters. The Labute approximate surface area is 203 Å². The second-order valence-electron chi connectivity index (χ2n) is 7.93. The normalized spacial score (nSPS) is 17.9. The first kappa shape index (κ1) is 24.8. The van der Waals surface area contributed by atoms with Gasteiger partial charge in [-0.25, -0.2) is 0 Å². The highest BCUT2D eigenvalue weighted by molar-refractivity contribution is 6.48. The molecule has 36 heavy (non-hydrogen) atoms. The van der Waals surface area contributed by atoms with Gasteiger partial charge >= 0.3 is 6.36 Å². The lowest BCUT2D eigenvalue weighted by atomic mass is 9.86. The number of carbonyl (C=O) groups is 3. The number of nitrogens with zero attached hydrogens (tertiary/aromatic N) is 3. The highest BCUT2D eigenvalue weighted by Gasteiger charge is 2.53. The van der Waals surface area contributed by atoms with Gasteiger partial charge in [-0.3, -0.25) is 19.3 Å². The van der Waals surface area contributed by atoms with Gasteiger partial charge in [0.1, 0.15) is 17.4 Å². The van der Waals surface area contributed by atoms with Gasteiger partial charge in [-0.05, 0) is 67.9 Å². The van der Waals surface area contributed by atoms with E-state index in [2.05, 4.69) is 14.9 Å². The average Bonchev–Trinajstić information content (AvgIpc) is 3.10. The fourth-order valence-corrected chi connectivity index (χ4v) is 3.97. The highest BCUT2D eigenvalue weighted by atomic mass is 19.4. The fraction of sp³-hybridized carbons (Fsp3) is 0.240. The van der Waals surface area contributed by atoms with Crippen molar-refractivity contribution in [2.45, 2.75) is 26.3 Å². The molecule has 0 spiro atoms. The summed E-state index contributed by atoms with van der Waals surface area (Å²) < 4.78 is 47.1. The van der Waals surface area contributed by atoms with Crippen LogP contribution in [0.1, 0.15) is 34.6 Å². The van der Waals surface area contributed by atoms with Gasteiger partial charge in [0.05, 0.1) is 18.3 Å². The first-order valence-electron chi connectivity index (χ1n) is 10.9. The second-order valence-corrected chi connectivity index (χ2v) is 7.93. The number of ketones is 2. The van der Waals surface area contributed by atoms with Crippen molar-refractivity contribution in [3.8, 4) is 11.5 Å². The monoisotopic (exact) mass is 499 g/mol. The summed E-state index contributed by atoms with van der Waals surface area (Å²) >= 11 is 0. The van der Waals surface area contributed by atoms with Crippen molar-refractivity contribution in [3.63, 3.8) is 0 Å². The second kappa shape index (κ2) is 9.76. The summed E-state index contributed by atoms with van der Waals surface area (Å²) in [5, 5.41) is 7.91. The van der Waals surface area contributed by atoms with E-state index in [1.807, 2.05) is 0 Å². The molecule has 2 aromatic carbocycles. The highest BCUT2D eigenvalue weighted by Crippen LogP contribution is 2.41. The quantitative estimate of drug-likeness (QED) is 0.272. The number of amides is 1. The first-order chi connectivity index (χ1) is 17.1. The summed E-state index contributed by atoms with van der Waals surface area (Å²) in [5.41, 5.74) is 0.975. The zero-order valence-electron chi connectivity index (χ0n) is 19.2. The number of aromatic nitrogens is 2. The van der Waals surface area contributed by atoms with E-state index in [1.54, 1.807) is 32.0 Å². The Balaban J connectivity index is 1.77. The van der Waals surface area contributed by atoms with Crippen molar-refractivity contribution < 1.29 is 37.0 Å². The van der Waals surface area contributed by atoms with Gasteiger partial charge in [-0.1, -0.05) is 12.1 Å². The minimum atomic E-state index is -4.89. The number of alkyl halides is 3. The number of benzene rings is 2. The molecule has 4 rings (SSSR count). The fourth-order valence-electron chi connectivity index (χ4n) is 3.97. The molecule has 1 saturated heterocycles. The van der Waals surface area contributed by atoms with E-state index in [1.165, 1.54) is 30.3 Å². The number of carbonyl (C=O) groups excluding carboxylic acids is 3. The van der Waals surface area contributed by atoms with Crippen LogP contribution in [0.2, 0.25) is 0 Å². The molecule has 1 aromatic heterocycles. The molecule has 11 heteroatoms. The lowest BCUT2D eigenvalue weighted by Gasteiger charge is -2.26. The minimum Gasteiger partial charge on any atom is -0.494 e. The minimum absolute atomic E-state index is 0.0292. The van der Waals surface area contributed by atoms with Crippen molar-refractivity contribution in [1.29, 1.82) is 0 Å². The third-order valence-corrected chi connectivity index (χ3v) is 5.52. The van der Waals surface area contributed by atoms with Crippen molar-refractivity contribution in [3.05, 3.63) is 77.5 Å². The van der Waals surface area contributed by atoms with Crippen LogP contribution in [0.15, 0.2) is 60.7 Å². The number of rotatable bonds is 7. The van der Waals surface area contributed by atoms with E-state index >= 15 is 0 Å². The van der Waals surface area contributed by atoms with Crippen LogP contribution in [0.4, 0.5) is 19.0 Å². The molecular formula is C25H20F3N3O5. The topological polar surface area (TPSA) is 98.7 Å².